The van der Waals surface area contributed by atoms with Gasteiger partial charge in [0.2, 0.25) is 5.91 Å². The molecule has 1 fully saturated rings. The fourth-order valence-electron chi connectivity index (χ4n) is 2.31. The number of hydrogen-bond acceptors (Lipinski definition) is 2. The molecule has 20 heavy (non-hydrogen) atoms. The number of nitrogens with zero attached hydrogens (tertiary/aromatic N) is 1. The number of amides is 1. The lowest BCUT2D eigenvalue weighted by Crippen LogP contribution is -2.28. The van der Waals surface area contributed by atoms with Gasteiger partial charge >= 0.3 is 0 Å². The Morgan fingerprint density at radius 3 is 2.70 bits per heavy atom. The van der Waals surface area contributed by atoms with Crippen molar-refractivity contribution in [3.8, 4) is 0 Å². The highest BCUT2D eigenvalue weighted by molar-refractivity contribution is 9.10. The predicted molar refractivity (Wildman–Crippen MR) is 77.9 cm³/mol. The van der Waals surface area contributed by atoms with Gasteiger partial charge in [-0.1, -0.05) is 34.1 Å². The van der Waals surface area contributed by atoms with Crippen LogP contribution in [0.15, 0.2) is 47.2 Å². The number of nitrogens with one attached hydrogen (secondary N) is 1. The summed E-state index contributed by atoms with van der Waals surface area (Å²) in [5.74, 6) is -0.696. The van der Waals surface area contributed by atoms with Crippen LogP contribution in [0.1, 0.15) is 18.4 Å². The molecule has 1 aliphatic rings. The minimum atomic E-state index is -0.546. The first-order valence-electron chi connectivity index (χ1n) is 6.29. The Balaban J connectivity index is 1.88. The van der Waals surface area contributed by atoms with Gasteiger partial charge < -0.3 is 5.32 Å². The van der Waals surface area contributed by atoms with E-state index in [0.29, 0.717) is 0 Å². The summed E-state index contributed by atoms with van der Waals surface area (Å²) < 4.78 is 14.5. The molecule has 1 saturated carbocycles. The number of carbonyl (C=O) groups excluding carboxylic acids is 1. The van der Waals surface area contributed by atoms with E-state index in [2.05, 4.69) is 26.2 Å². The van der Waals surface area contributed by atoms with Gasteiger partial charge in [0.15, 0.2) is 5.82 Å². The Kier molecular flexibility index (Phi) is 3.30. The number of carbonyl (C=O) groups is 1. The number of anilines is 1. The average Bonchev–Trinajstić information content (AvgIpc) is 3.23. The van der Waals surface area contributed by atoms with Crippen LogP contribution in [-0.4, -0.2) is 10.9 Å². The van der Waals surface area contributed by atoms with Crippen molar-refractivity contribution < 1.29 is 9.18 Å². The second-order valence-electron chi connectivity index (χ2n) is 4.87. The molecule has 0 atom stereocenters. The molecular weight excluding hydrogens is 323 g/mol. The maximum atomic E-state index is 13.6. The Labute approximate surface area is 124 Å². The molecule has 0 spiro atoms. The molecule has 5 heteroatoms. The molecule has 3 rings (SSSR count). The number of hydrogen-bond donors (Lipinski definition) is 1. The molecule has 0 saturated heterocycles. The number of rotatable bonds is 3. The van der Waals surface area contributed by atoms with Crippen molar-refractivity contribution in [1.82, 2.24) is 4.98 Å². The Morgan fingerprint density at radius 2 is 2.05 bits per heavy atom. The van der Waals surface area contributed by atoms with E-state index in [0.717, 1.165) is 29.1 Å². The van der Waals surface area contributed by atoms with Crippen LogP contribution >= 0.6 is 15.9 Å². The SMILES string of the molecule is O=C(Nc1ccncc1F)C1(c2ccccc2Br)CC1. The molecule has 3 nitrogen and oxygen atoms in total. The summed E-state index contributed by atoms with van der Waals surface area (Å²) in [7, 11) is 0. The van der Waals surface area contributed by atoms with Gasteiger partial charge in [0.1, 0.15) is 0 Å². The normalized spacial score (nSPS) is 15.7. The van der Waals surface area contributed by atoms with Crippen LogP contribution in [-0.2, 0) is 10.2 Å². The van der Waals surface area contributed by atoms with Crippen LogP contribution in [0, 0.1) is 5.82 Å². The first kappa shape index (κ1) is 13.2. The zero-order chi connectivity index (χ0) is 14.2. The summed E-state index contributed by atoms with van der Waals surface area (Å²) in [5, 5.41) is 2.66. The van der Waals surface area contributed by atoms with E-state index in [-0.39, 0.29) is 11.6 Å². The number of aromatic nitrogens is 1. The van der Waals surface area contributed by atoms with Gasteiger partial charge in [0, 0.05) is 10.7 Å². The van der Waals surface area contributed by atoms with Crippen molar-refractivity contribution in [3.63, 3.8) is 0 Å². The highest BCUT2D eigenvalue weighted by atomic mass is 79.9. The lowest BCUT2D eigenvalue weighted by molar-refractivity contribution is -0.118. The van der Waals surface area contributed by atoms with Crippen molar-refractivity contribution in [2.75, 3.05) is 5.32 Å². The van der Waals surface area contributed by atoms with Crippen molar-refractivity contribution in [2.45, 2.75) is 18.3 Å². The second kappa shape index (κ2) is 4.98. The Hall–Kier alpha value is -1.75. The van der Waals surface area contributed by atoms with Gasteiger partial charge in [0.05, 0.1) is 17.3 Å². The first-order chi connectivity index (χ1) is 9.63. The minimum absolute atomic E-state index is 0.170. The molecule has 0 aliphatic heterocycles. The predicted octanol–water partition coefficient (Wildman–Crippen LogP) is 3.65. The van der Waals surface area contributed by atoms with E-state index in [9.17, 15) is 9.18 Å². The minimum Gasteiger partial charge on any atom is -0.323 e. The summed E-state index contributed by atoms with van der Waals surface area (Å²) in [6.07, 6.45) is 4.09. The van der Waals surface area contributed by atoms with Gasteiger partial charge in [-0.3, -0.25) is 9.78 Å². The highest BCUT2D eigenvalue weighted by Gasteiger charge is 2.52. The zero-order valence-corrected chi connectivity index (χ0v) is 12.2. The molecule has 0 unspecified atom stereocenters. The van der Waals surface area contributed by atoms with E-state index < -0.39 is 11.2 Å². The molecular formula is C15H12BrFN2O. The quantitative estimate of drug-likeness (QED) is 0.930. The zero-order valence-electron chi connectivity index (χ0n) is 10.6. The third-order valence-corrected chi connectivity index (χ3v) is 4.29. The van der Waals surface area contributed by atoms with Crippen molar-refractivity contribution in [2.24, 2.45) is 0 Å². The second-order valence-corrected chi connectivity index (χ2v) is 5.73. The molecule has 1 aromatic carbocycles. The van der Waals surface area contributed by atoms with Crippen LogP contribution in [0.4, 0.5) is 10.1 Å². The molecule has 1 aliphatic carbocycles. The topological polar surface area (TPSA) is 42.0 Å². The standard InChI is InChI=1S/C15H12BrFN2O/c16-11-4-2-1-3-10(11)15(6-7-15)14(20)19-13-5-8-18-9-12(13)17/h1-5,8-9H,6-7H2,(H,18,19,20). The maximum absolute atomic E-state index is 13.6. The van der Waals surface area contributed by atoms with Gasteiger partial charge in [0.25, 0.3) is 0 Å². The van der Waals surface area contributed by atoms with Crippen LogP contribution < -0.4 is 5.32 Å². The Bertz CT molecular complexity index is 670. The maximum Gasteiger partial charge on any atom is 0.235 e. The van der Waals surface area contributed by atoms with Crippen LogP contribution in [0.5, 0.6) is 0 Å². The average molecular weight is 335 g/mol. The van der Waals surface area contributed by atoms with Crippen LogP contribution in [0.2, 0.25) is 0 Å². The van der Waals surface area contributed by atoms with E-state index in [1.165, 1.54) is 12.3 Å². The molecule has 1 heterocycles. The first-order valence-corrected chi connectivity index (χ1v) is 7.09. The largest absolute Gasteiger partial charge is 0.323 e. The molecule has 1 amide bonds. The summed E-state index contributed by atoms with van der Waals surface area (Å²) in [5.41, 5.74) is 0.575. The van der Waals surface area contributed by atoms with E-state index in [1.807, 2.05) is 24.3 Å². The number of pyridine rings is 1. The van der Waals surface area contributed by atoms with Crippen molar-refractivity contribution >= 4 is 27.5 Å². The number of benzene rings is 1. The van der Waals surface area contributed by atoms with Crippen LogP contribution in [0.3, 0.4) is 0 Å². The summed E-state index contributed by atoms with van der Waals surface area (Å²) in [6.45, 7) is 0. The number of halogens is 2. The third-order valence-electron chi connectivity index (χ3n) is 3.59. The lowest BCUT2D eigenvalue weighted by atomic mass is 9.95. The summed E-state index contributed by atoms with van der Waals surface area (Å²) in [6, 6.07) is 9.11. The van der Waals surface area contributed by atoms with Gasteiger partial charge in [-0.25, -0.2) is 4.39 Å². The summed E-state index contributed by atoms with van der Waals surface area (Å²) >= 11 is 3.48. The fourth-order valence-corrected chi connectivity index (χ4v) is 2.98. The monoisotopic (exact) mass is 334 g/mol. The molecule has 2 aromatic rings. The van der Waals surface area contributed by atoms with Gasteiger partial charge in [-0.15, -0.1) is 0 Å². The molecule has 102 valence electrons. The van der Waals surface area contributed by atoms with E-state index >= 15 is 0 Å². The third kappa shape index (κ3) is 2.22. The van der Waals surface area contributed by atoms with Crippen molar-refractivity contribution in [3.05, 3.63) is 58.6 Å². The van der Waals surface area contributed by atoms with Crippen molar-refractivity contribution in [1.29, 1.82) is 0 Å². The Morgan fingerprint density at radius 1 is 1.30 bits per heavy atom. The van der Waals surface area contributed by atoms with Gasteiger partial charge in [-0.2, -0.15) is 0 Å². The summed E-state index contributed by atoms with van der Waals surface area (Å²) in [4.78, 5) is 16.2. The molecule has 0 bridgehead atoms. The van der Waals surface area contributed by atoms with E-state index in [4.69, 9.17) is 0 Å². The molecule has 1 N–H and O–H groups in total. The lowest BCUT2D eigenvalue weighted by Gasteiger charge is -2.17. The smallest absolute Gasteiger partial charge is 0.235 e. The van der Waals surface area contributed by atoms with Gasteiger partial charge in [-0.05, 0) is 30.5 Å². The molecule has 0 radical (unpaired) electrons. The van der Waals surface area contributed by atoms with Crippen LogP contribution in [0.25, 0.3) is 0 Å². The molecule has 1 aromatic heterocycles. The fraction of sp³-hybridized carbons (Fsp3) is 0.200. The van der Waals surface area contributed by atoms with E-state index in [1.54, 1.807) is 0 Å². The highest BCUT2D eigenvalue weighted by Crippen LogP contribution is 2.51.